The second-order valence-corrected chi connectivity index (χ2v) is 5.64. The van der Waals surface area contributed by atoms with Crippen molar-refractivity contribution in [3.05, 3.63) is 16.1 Å². The first-order valence-corrected chi connectivity index (χ1v) is 6.75. The van der Waals surface area contributed by atoms with Crippen LogP contribution in [0.15, 0.2) is 5.51 Å². The zero-order valence-corrected chi connectivity index (χ0v) is 11.6. The number of aryl methyl sites for hydroxylation is 1. The Bertz CT molecular complexity index is 296. The highest BCUT2D eigenvalue weighted by Gasteiger charge is 2.05. The largest absolute Gasteiger partial charge is 0.315 e. The van der Waals surface area contributed by atoms with Crippen molar-refractivity contribution < 1.29 is 0 Å². The van der Waals surface area contributed by atoms with Gasteiger partial charge in [0.05, 0.1) is 11.2 Å². The topological polar surface area (TPSA) is 28.2 Å². The SMILES string of the molecule is Cc1ncsc1CN(C)CCNCC(C)C. The molecule has 92 valence electrons. The summed E-state index contributed by atoms with van der Waals surface area (Å²) >= 11 is 1.75. The molecule has 0 unspecified atom stereocenters. The quantitative estimate of drug-likeness (QED) is 0.741. The Morgan fingerprint density at radius 3 is 2.81 bits per heavy atom. The molecule has 0 aliphatic carbocycles. The van der Waals surface area contributed by atoms with Crippen LogP contribution in [0.1, 0.15) is 24.4 Å². The highest BCUT2D eigenvalue weighted by atomic mass is 32.1. The molecular weight excluding hydrogens is 218 g/mol. The molecule has 3 nitrogen and oxygen atoms in total. The molecule has 0 bridgehead atoms. The van der Waals surface area contributed by atoms with Crippen LogP contribution >= 0.6 is 11.3 Å². The van der Waals surface area contributed by atoms with Crippen molar-refractivity contribution in [2.24, 2.45) is 5.92 Å². The van der Waals surface area contributed by atoms with Crippen LogP contribution in [0, 0.1) is 12.8 Å². The predicted octanol–water partition coefficient (Wildman–Crippen LogP) is 2.13. The lowest BCUT2D eigenvalue weighted by atomic mass is 10.2. The van der Waals surface area contributed by atoms with E-state index in [-0.39, 0.29) is 0 Å². The van der Waals surface area contributed by atoms with Gasteiger partial charge in [0.25, 0.3) is 0 Å². The molecule has 0 aromatic carbocycles. The lowest BCUT2D eigenvalue weighted by molar-refractivity contribution is 0.323. The van der Waals surface area contributed by atoms with Gasteiger partial charge in [-0.25, -0.2) is 4.98 Å². The van der Waals surface area contributed by atoms with Crippen molar-refractivity contribution in [1.82, 2.24) is 15.2 Å². The Labute approximate surface area is 103 Å². The Morgan fingerprint density at radius 1 is 1.50 bits per heavy atom. The average Bonchev–Trinajstić information content (AvgIpc) is 2.59. The molecule has 0 amide bonds. The third kappa shape index (κ3) is 5.05. The first kappa shape index (κ1) is 13.6. The van der Waals surface area contributed by atoms with E-state index in [2.05, 4.69) is 43.0 Å². The number of likely N-dealkylation sites (N-methyl/N-ethyl adjacent to an activating group) is 1. The zero-order chi connectivity index (χ0) is 12.0. The fourth-order valence-electron chi connectivity index (χ4n) is 1.46. The molecule has 0 aliphatic heterocycles. The van der Waals surface area contributed by atoms with Crippen molar-refractivity contribution in [2.45, 2.75) is 27.3 Å². The van der Waals surface area contributed by atoms with Gasteiger partial charge in [-0.1, -0.05) is 13.8 Å². The van der Waals surface area contributed by atoms with Gasteiger partial charge in [0.1, 0.15) is 0 Å². The number of nitrogens with zero attached hydrogens (tertiary/aromatic N) is 2. The summed E-state index contributed by atoms with van der Waals surface area (Å²) in [6.07, 6.45) is 0. The van der Waals surface area contributed by atoms with Gasteiger partial charge in [-0.2, -0.15) is 0 Å². The maximum Gasteiger partial charge on any atom is 0.0798 e. The molecule has 0 fully saturated rings. The van der Waals surface area contributed by atoms with Gasteiger partial charge >= 0.3 is 0 Å². The number of rotatable bonds is 7. The van der Waals surface area contributed by atoms with Crippen molar-refractivity contribution in [1.29, 1.82) is 0 Å². The monoisotopic (exact) mass is 241 g/mol. The highest BCUT2D eigenvalue weighted by molar-refractivity contribution is 7.09. The van der Waals surface area contributed by atoms with Gasteiger partial charge in [-0.05, 0) is 26.4 Å². The van der Waals surface area contributed by atoms with Gasteiger partial charge in [0, 0.05) is 24.5 Å². The summed E-state index contributed by atoms with van der Waals surface area (Å²) in [5.41, 5.74) is 3.10. The second-order valence-electron chi connectivity index (χ2n) is 4.70. The maximum absolute atomic E-state index is 4.27. The summed E-state index contributed by atoms with van der Waals surface area (Å²) in [5, 5.41) is 3.46. The summed E-state index contributed by atoms with van der Waals surface area (Å²) in [4.78, 5) is 7.99. The van der Waals surface area contributed by atoms with Gasteiger partial charge in [-0.3, -0.25) is 4.90 Å². The van der Waals surface area contributed by atoms with Crippen molar-refractivity contribution in [3.8, 4) is 0 Å². The second kappa shape index (κ2) is 6.99. The van der Waals surface area contributed by atoms with Gasteiger partial charge < -0.3 is 5.32 Å². The zero-order valence-electron chi connectivity index (χ0n) is 10.8. The van der Waals surface area contributed by atoms with E-state index in [4.69, 9.17) is 0 Å². The Kier molecular flexibility index (Phi) is 5.95. The fourth-order valence-corrected chi connectivity index (χ4v) is 2.32. The van der Waals surface area contributed by atoms with Crippen LogP contribution < -0.4 is 5.32 Å². The molecule has 1 rings (SSSR count). The molecule has 16 heavy (non-hydrogen) atoms. The van der Waals surface area contributed by atoms with Crippen molar-refractivity contribution in [2.75, 3.05) is 26.7 Å². The van der Waals surface area contributed by atoms with E-state index in [9.17, 15) is 0 Å². The van der Waals surface area contributed by atoms with Gasteiger partial charge in [-0.15, -0.1) is 11.3 Å². The van der Waals surface area contributed by atoms with E-state index in [0.29, 0.717) is 0 Å². The van der Waals surface area contributed by atoms with E-state index in [1.54, 1.807) is 11.3 Å². The number of hydrogen-bond acceptors (Lipinski definition) is 4. The molecule has 1 N–H and O–H groups in total. The number of aromatic nitrogens is 1. The summed E-state index contributed by atoms with van der Waals surface area (Å²) in [5.74, 6) is 0.731. The van der Waals surface area contributed by atoms with Crippen LogP contribution in [0.4, 0.5) is 0 Å². The number of hydrogen-bond donors (Lipinski definition) is 1. The Balaban J connectivity index is 2.16. The minimum absolute atomic E-state index is 0.731. The smallest absolute Gasteiger partial charge is 0.0798 e. The molecule has 0 saturated carbocycles. The van der Waals surface area contributed by atoms with Crippen LogP contribution in [0.5, 0.6) is 0 Å². The fraction of sp³-hybridized carbons (Fsp3) is 0.750. The minimum atomic E-state index is 0.731. The number of nitrogens with one attached hydrogen (secondary N) is 1. The normalized spacial score (nSPS) is 11.6. The summed E-state index contributed by atoms with van der Waals surface area (Å²) in [6.45, 7) is 10.8. The van der Waals surface area contributed by atoms with E-state index in [1.807, 2.05) is 5.51 Å². The van der Waals surface area contributed by atoms with Crippen LogP contribution in [0.3, 0.4) is 0 Å². The number of thiazole rings is 1. The average molecular weight is 241 g/mol. The minimum Gasteiger partial charge on any atom is -0.315 e. The van der Waals surface area contributed by atoms with Crippen LogP contribution in [-0.4, -0.2) is 36.6 Å². The molecule has 0 aliphatic rings. The van der Waals surface area contributed by atoms with Crippen LogP contribution in [0.25, 0.3) is 0 Å². The first-order valence-electron chi connectivity index (χ1n) is 5.87. The molecule has 0 saturated heterocycles. The van der Waals surface area contributed by atoms with Gasteiger partial charge in [0.15, 0.2) is 0 Å². The molecule has 1 aromatic heterocycles. The molecular formula is C12H23N3S. The first-order chi connectivity index (χ1) is 7.59. The van der Waals surface area contributed by atoms with E-state index in [0.717, 1.165) is 32.1 Å². The van der Waals surface area contributed by atoms with Crippen molar-refractivity contribution in [3.63, 3.8) is 0 Å². The summed E-state index contributed by atoms with van der Waals surface area (Å²) in [7, 11) is 2.16. The van der Waals surface area contributed by atoms with E-state index < -0.39 is 0 Å². The lowest BCUT2D eigenvalue weighted by Crippen LogP contribution is -2.30. The van der Waals surface area contributed by atoms with Crippen LogP contribution in [0.2, 0.25) is 0 Å². The molecule has 1 aromatic rings. The van der Waals surface area contributed by atoms with Crippen LogP contribution in [-0.2, 0) is 6.54 Å². The predicted molar refractivity (Wildman–Crippen MR) is 70.9 cm³/mol. The van der Waals surface area contributed by atoms with Gasteiger partial charge in [0.2, 0.25) is 0 Å². The molecule has 0 spiro atoms. The maximum atomic E-state index is 4.27. The van der Waals surface area contributed by atoms with E-state index in [1.165, 1.54) is 10.6 Å². The summed E-state index contributed by atoms with van der Waals surface area (Å²) < 4.78 is 0. The van der Waals surface area contributed by atoms with Crippen molar-refractivity contribution >= 4 is 11.3 Å². The molecule has 0 atom stereocenters. The highest BCUT2D eigenvalue weighted by Crippen LogP contribution is 2.13. The molecule has 1 heterocycles. The van der Waals surface area contributed by atoms with E-state index >= 15 is 0 Å². The third-order valence-electron chi connectivity index (χ3n) is 2.48. The Hall–Kier alpha value is -0.450. The lowest BCUT2D eigenvalue weighted by Gasteiger charge is -2.16. The molecule has 4 heteroatoms. The molecule has 0 radical (unpaired) electrons. The summed E-state index contributed by atoms with van der Waals surface area (Å²) in [6, 6.07) is 0. The Morgan fingerprint density at radius 2 is 2.25 bits per heavy atom. The third-order valence-corrected chi connectivity index (χ3v) is 3.40. The standard InChI is InChI=1S/C12H23N3S/c1-10(2)7-13-5-6-15(4)8-12-11(3)14-9-16-12/h9-10,13H,5-8H2,1-4H3.